The molecule has 3 heterocycles. The van der Waals surface area contributed by atoms with E-state index < -0.39 is 0 Å². The van der Waals surface area contributed by atoms with E-state index in [-0.39, 0.29) is 11.2 Å². The molecule has 0 spiro atoms. The van der Waals surface area contributed by atoms with E-state index in [4.69, 9.17) is 4.98 Å². The molecule has 9 rings (SSSR count). The molecule has 0 unspecified atom stereocenters. The number of fused-ring (bicyclic) bond motifs is 4. The molecule has 0 saturated heterocycles. The Balaban J connectivity index is 1.32. The Kier molecular flexibility index (Phi) is 6.74. The first-order chi connectivity index (χ1) is 24.3. The number of phenols is 1. The van der Waals surface area contributed by atoms with E-state index in [2.05, 4.69) is 151 Å². The van der Waals surface area contributed by atoms with Crippen LogP contribution in [0.25, 0.3) is 67.0 Å². The molecule has 9 aromatic rings. The van der Waals surface area contributed by atoms with Crippen molar-refractivity contribution in [2.45, 2.75) is 26.2 Å². The van der Waals surface area contributed by atoms with E-state index in [0.717, 1.165) is 61.3 Å². The van der Waals surface area contributed by atoms with Gasteiger partial charge in [0, 0.05) is 28.7 Å². The molecule has 0 aliphatic carbocycles. The Hall–Kier alpha value is -6.40. The second kappa shape index (κ2) is 11.3. The molecule has 0 aliphatic rings. The summed E-state index contributed by atoms with van der Waals surface area (Å²) in [5.74, 6) is 1.02. The van der Waals surface area contributed by atoms with Gasteiger partial charge in [0.2, 0.25) is 5.95 Å². The Labute approximate surface area is 290 Å². The second-order valence-electron chi connectivity index (χ2n) is 13.8. The lowest BCUT2D eigenvalue weighted by molar-refractivity contribution is -0.599. The van der Waals surface area contributed by atoms with Crippen molar-refractivity contribution >= 4 is 32.8 Å². The summed E-state index contributed by atoms with van der Waals surface area (Å²) < 4.78 is 8.37. The largest absolute Gasteiger partial charge is 0.511 e. The Morgan fingerprint density at radius 2 is 1.36 bits per heavy atom. The first-order valence-corrected chi connectivity index (χ1v) is 16.9. The Morgan fingerprint density at radius 3 is 2.18 bits per heavy atom. The van der Waals surface area contributed by atoms with Gasteiger partial charge in [-0.25, -0.2) is 4.98 Å². The van der Waals surface area contributed by atoms with E-state index in [1.165, 1.54) is 5.56 Å². The molecule has 6 aromatic carbocycles. The summed E-state index contributed by atoms with van der Waals surface area (Å²) in [6.45, 7) is 6.78. The quantitative estimate of drug-likeness (QED) is 0.149. The minimum Gasteiger partial charge on any atom is -0.511 e. The van der Waals surface area contributed by atoms with Gasteiger partial charge in [0.1, 0.15) is 11.4 Å². The fourth-order valence-corrected chi connectivity index (χ4v) is 7.03. The normalized spacial score (nSPS) is 12.0. The number of aromatic hydroxyl groups is 1. The molecule has 0 radical (unpaired) electrons. The number of hydrogen-bond acceptors (Lipinski definition) is 2. The van der Waals surface area contributed by atoms with Gasteiger partial charge in [-0.2, -0.15) is 0 Å². The van der Waals surface area contributed by atoms with Crippen LogP contribution in [0.2, 0.25) is 0 Å². The van der Waals surface area contributed by atoms with E-state index in [0.29, 0.717) is 5.69 Å². The number of hydrogen-bond donors (Lipinski definition) is 1. The molecule has 3 aromatic heterocycles. The number of para-hydroxylation sites is 5. The van der Waals surface area contributed by atoms with Crippen LogP contribution in [0.1, 0.15) is 26.3 Å². The zero-order valence-corrected chi connectivity index (χ0v) is 28.1. The molecule has 0 saturated carbocycles. The fraction of sp³-hybridized carbons (Fsp3) is 0.0909. The lowest BCUT2D eigenvalue weighted by Crippen LogP contribution is -2.28. The highest BCUT2D eigenvalue weighted by atomic mass is 16.3. The SMILES string of the molecule is CC(C)(C)c1ccc(-n2c(-n3c4ccccc4c4ccc(-[n+]5[c-]n(-c6ccccc6O)cc5)cc43)nc3ccccc32)c(-c2ccccc2)c1. The lowest BCUT2D eigenvalue weighted by atomic mass is 9.85. The first kappa shape index (κ1) is 29.7. The molecule has 0 amide bonds. The highest BCUT2D eigenvalue weighted by Gasteiger charge is 2.23. The molecule has 0 fully saturated rings. The van der Waals surface area contributed by atoms with Crippen molar-refractivity contribution in [2.75, 3.05) is 0 Å². The molecule has 242 valence electrons. The van der Waals surface area contributed by atoms with E-state index >= 15 is 0 Å². The molecule has 0 atom stereocenters. The summed E-state index contributed by atoms with van der Waals surface area (Å²) in [4.78, 5) is 5.37. The molecular formula is C44H35N5O. The summed E-state index contributed by atoms with van der Waals surface area (Å²) in [6, 6.07) is 48.2. The molecule has 0 bridgehead atoms. The first-order valence-electron chi connectivity index (χ1n) is 16.9. The van der Waals surface area contributed by atoms with Crippen LogP contribution in [0.15, 0.2) is 152 Å². The summed E-state index contributed by atoms with van der Waals surface area (Å²) in [5, 5.41) is 12.8. The third-order valence-corrected chi connectivity index (χ3v) is 9.59. The van der Waals surface area contributed by atoms with Crippen molar-refractivity contribution in [2.24, 2.45) is 0 Å². The van der Waals surface area contributed by atoms with Crippen molar-refractivity contribution in [3.63, 3.8) is 0 Å². The van der Waals surface area contributed by atoms with Gasteiger partial charge in [-0.3, -0.25) is 18.3 Å². The third kappa shape index (κ3) is 4.79. The van der Waals surface area contributed by atoms with Gasteiger partial charge in [-0.1, -0.05) is 106 Å². The van der Waals surface area contributed by atoms with Gasteiger partial charge in [0.05, 0.1) is 33.4 Å². The molecule has 6 nitrogen and oxygen atoms in total. The van der Waals surface area contributed by atoms with Crippen LogP contribution in [-0.2, 0) is 5.41 Å². The minimum atomic E-state index is -0.0159. The smallest absolute Gasteiger partial charge is 0.268 e. The monoisotopic (exact) mass is 649 g/mol. The maximum Gasteiger partial charge on any atom is 0.268 e. The van der Waals surface area contributed by atoms with Gasteiger partial charge in [-0.15, -0.1) is 0 Å². The number of aromatic nitrogens is 5. The van der Waals surface area contributed by atoms with Crippen molar-refractivity contribution < 1.29 is 9.67 Å². The van der Waals surface area contributed by atoms with Gasteiger partial charge in [-0.05, 0) is 71.1 Å². The number of benzene rings is 6. The van der Waals surface area contributed by atoms with Gasteiger partial charge in [0.15, 0.2) is 0 Å². The van der Waals surface area contributed by atoms with E-state index in [1.807, 2.05) is 35.2 Å². The average molecular weight is 650 g/mol. The van der Waals surface area contributed by atoms with Crippen molar-refractivity contribution in [3.8, 4) is 39.9 Å². The summed E-state index contributed by atoms with van der Waals surface area (Å²) in [7, 11) is 0. The van der Waals surface area contributed by atoms with Gasteiger partial charge >= 0.3 is 0 Å². The standard InChI is InChI=1S/C44H35N5O/c1-44(2,3)31-21-24-38(35(27-31)30-13-5-4-6-14-30)48-39-18-10-8-16-36(39)45-43(48)49-37-17-9-7-15-33(37)34-23-22-32(28-41(34)49)46-25-26-47(29-46)40-19-11-12-20-42(40)50/h4-28,50H,1-3H3. The molecule has 0 aliphatic heterocycles. The van der Waals surface area contributed by atoms with Crippen molar-refractivity contribution in [3.05, 3.63) is 164 Å². The highest BCUT2D eigenvalue weighted by molar-refractivity contribution is 6.09. The maximum atomic E-state index is 10.5. The average Bonchev–Trinajstić information content (AvgIpc) is 3.86. The number of nitrogens with zero attached hydrogens (tertiary/aromatic N) is 5. The topological polar surface area (TPSA) is 51.8 Å². The van der Waals surface area contributed by atoms with E-state index in [9.17, 15) is 5.11 Å². The van der Waals surface area contributed by atoms with Crippen LogP contribution in [-0.4, -0.2) is 23.8 Å². The zero-order valence-electron chi connectivity index (χ0n) is 28.1. The highest BCUT2D eigenvalue weighted by Crippen LogP contribution is 2.38. The fourth-order valence-electron chi connectivity index (χ4n) is 7.03. The number of rotatable bonds is 5. The van der Waals surface area contributed by atoms with Crippen LogP contribution in [0.5, 0.6) is 5.75 Å². The molecule has 6 heteroatoms. The van der Waals surface area contributed by atoms with Crippen LogP contribution in [0.4, 0.5) is 0 Å². The lowest BCUT2D eigenvalue weighted by Gasteiger charge is -2.23. The maximum absolute atomic E-state index is 10.5. The van der Waals surface area contributed by atoms with Crippen LogP contribution in [0.3, 0.4) is 0 Å². The summed E-state index contributed by atoms with van der Waals surface area (Å²) in [6.07, 6.45) is 7.25. The predicted octanol–water partition coefficient (Wildman–Crippen LogP) is 9.66. The molecule has 1 N–H and O–H groups in total. The minimum absolute atomic E-state index is 0.0159. The molecular weight excluding hydrogens is 615 g/mol. The summed E-state index contributed by atoms with van der Waals surface area (Å²) in [5.41, 5.74) is 10.3. The van der Waals surface area contributed by atoms with Crippen molar-refractivity contribution in [1.82, 2.24) is 18.7 Å². The third-order valence-electron chi connectivity index (χ3n) is 9.59. The molecule has 50 heavy (non-hydrogen) atoms. The van der Waals surface area contributed by atoms with Crippen LogP contribution in [0, 0.1) is 6.33 Å². The number of phenolic OH excluding ortho intramolecular Hbond substituents is 1. The predicted molar refractivity (Wildman–Crippen MR) is 201 cm³/mol. The number of imidazole rings is 2. The van der Waals surface area contributed by atoms with Crippen LogP contribution >= 0.6 is 0 Å². The van der Waals surface area contributed by atoms with E-state index in [1.54, 1.807) is 10.6 Å². The summed E-state index contributed by atoms with van der Waals surface area (Å²) >= 11 is 0. The van der Waals surface area contributed by atoms with Crippen LogP contribution < -0.4 is 4.57 Å². The Morgan fingerprint density at radius 1 is 0.640 bits per heavy atom. The van der Waals surface area contributed by atoms with Gasteiger partial charge in [0.25, 0.3) is 6.33 Å². The Bertz CT molecular complexity index is 2710. The second-order valence-corrected chi connectivity index (χ2v) is 13.8. The zero-order chi connectivity index (χ0) is 34.0. The van der Waals surface area contributed by atoms with Gasteiger partial charge < -0.3 is 5.11 Å². The van der Waals surface area contributed by atoms with Crippen molar-refractivity contribution in [1.29, 1.82) is 0 Å².